The Kier molecular flexibility index (Phi) is 7.47. The summed E-state index contributed by atoms with van der Waals surface area (Å²) in [6.45, 7) is 5.59. The Bertz CT molecular complexity index is 1540. The average molecular weight is 569 g/mol. The van der Waals surface area contributed by atoms with Gasteiger partial charge in [-0.1, -0.05) is 43.0 Å². The molecule has 2 N–H and O–H groups in total. The van der Waals surface area contributed by atoms with Gasteiger partial charge in [0, 0.05) is 42.8 Å². The third-order valence-corrected chi connectivity index (χ3v) is 8.02. The fraction of sp³-hybridized carbons (Fsp3) is 0.323. The van der Waals surface area contributed by atoms with Crippen molar-refractivity contribution in [1.29, 1.82) is 0 Å². The Labute approximate surface area is 243 Å². The molecule has 11 nitrogen and oxygen atoms in total. The maximum absolute atomic E-state index is 13.4. The van der Waals surface area contributed by atoms with E-state index in [0.29, 0.717) is 43.9 Å². The fourth-order valence-corrected chi connectivity index (χ4v) is 5.73. The van der Waals surface area contributed by atoms with E-state index in [9.17, 15) is 19.2 Å². The van der Waals surface area contributed by atoms with Gasteiger partial charge in [0.2, 0.25) is 5.91 Å². The summed E-state index contributed by atoms with van der Waals surface area (Å²) in [5.74, 6) is -1.33. The first kappa shape index (κ1) is 27.3. The molecule has 2 saturated heterocycles. The van der Waals surface area contributed by atoms with Crippen LogP contribution in [0.3, 0.4) is 0 Å². The van der Waals surface area contributed by atoms with Crippen LogP contribution in [0.1, 0.15) is 63.6 Å². The Morgan fingerprint density at radius 3 is 2.55 bits per heavy atom. The standard InChI is InChI=1S/C31H32N6O5/c1-20-10-11-26(28(38)34-20)37-29(39)24-8-5-9-25(27(24)30(37)40)32-16-22-17-33-36(18-22)23-12-14-35(15-13-23)31(41)42-19-21-6-3-2-4-7-21/h2-9,17-18,23,26,32H,1,10-16,19H2,(H,34,38). The molecule has 0 aliphatic carbocycles. The fourth-order valence-electron chi connectivity index (χ4n) is 5.73. The van der Waals surface area contributed by atoms with Gasteiger partial charge in [0.25, 0.3) is 11.8 Å². The molecule has 0 bridgehead atoms. The summed E-state index contributed by atoms with van der Waals surface area (Å²) >= 11 is 0. The largest absolute Gasteiger partial charge is 0.445 e. The second-order valence-electron chi connectivity index (χ2n) is 10.8. The van der Waals surface area contributed by atoms with E-state index < -0.39 is 23.8 Å². The molecule has 42 heavy (non-hydrogen) atoms. The number of hydrogen-bond acceptors (Lipinski definition) is 7. The number of amides is 4. The van der Waals surface area contributed by atoms with Crippen molar-refractivity contribution in [2.24, 2.45) is 0 Å². The van der Waals surface area contributed by atoms with E-state index in [4.69, 9.17) is 4.74 Å². The Morgan fingerprint density at radius 2 is 1.79 bits per heavy atom. The predicted octanol–water partition coefficient (Wildman–Crippen LogP) is 3.86. The number of nitrogens with one attached hydrogen (secondary N) is 2. The van der Waals surface area contributed by atoms with Crippen molar-refractivity contribution in [2.45, 2.75) is 50.9 Å². The van der Waals surface area contributed by atoms with Gasteiger partial charge in [0.1, 0.15) is 12.6 Å². The molecule has 2 aromatic carbocycles. The van der Waals surface area contributed by atoms with E-state index in [2.05, 4.69) is 22.3 Å². The third-order valence-electron chi connectivity index (χ3n) is 8.02. The summed E-state index contributed by atoms with van der Waals surface area (Å²) < 4.78 is 7.39. The average Bonchev–Trinajstić information content (AvgIpc) is 3.58. The third kappa shape index (κ3) is 5.37. The number of carbonyl (C=O) groups is 4. The van der Waals surface area contributed by atoms with Gasteiger partial charge in [-0.15, -0.1) is 0 Å². The van der Waals surface area contributed by atoms with Crippen LogP contribution in [-0.2, 0) is 22.7 Å². The number of allylic oxidation sites excluding steroid dienone is 1. The molecular weight excluding hydrogens is 536 g/mol. The molecule has 11 heteroatoms. The Balaban J connectivity index is 1.04. The van der Waals surface area contributed by atoms with Crippen LogP contribution in [0, 0.1) is 0 Å². The summed E-state index contributed by atoms with van der Waals surface area (Å²) in [6, 6.07) is 14.0. The molecule has 1 aromatic heterocycles. The van der Waals surface area contributed by atoms with E-state index in [0.717, 1.165) is 28.9 Å². The number of aromatic nitrogens is 2. The van der Waals surface area contributed by atoms with E-state index in [-0.39, 0.29) is 29.9 Å². The van der Waals surface area contributed by atoms with Crippen molar-refractivity contribution in [1.82, 2.24) is 24.9 Å². The van der Waals surface area contributed by atoms with Crippen molar-refractivity contribution >= 4 is 29.5 Å². The van der Waals surface area contributed by atoms with Gasteiger partial charge in [0.05, 0.1) is 23.4 Å². The molecule has 1 unspecified atom stereocenters. The molecule has 216 valence electrons. The number of ether oxygens (including phenoxy) is 1. The summed E-state index contributed by atoms with van der Waals surface area (Å²) in [5.41, 5.74) is 3.55. The first-order valence-electron chi connectivity index (χ1n) is 14.1. The van der Waals surface area contributed by atoms with Crippen molar-refractivity contribution < 1.29 is 23.9 Å². The number of piperidine rings is 2. The molecule has 6 rings (SSSR count). The molecule has 3 aromatic rings. The van der Waals surface area contributed by atoms with Gasteiger partial charge < -0.3 is 20.3 Å². The van der Waals surface area contributed by atoms with Crippen LogP contribution in [0.4, 0.5) is 10.5 Å². The Morgan fingerprint density at radius 1 is 1.00 bits per heavy atom. The molecule has 4 amide bonds. The molecule has 1 atom stereocenters. The van der Waals surface area contributed by atoms with Gasteiger partial charge in [-0.2, -0.15) is 5.10 Å². The van der Waals surface area contributed by atoms with Crippen LogP contribution in [0.2, 0.25) is 0 Å². The van der Waals surface area contributed by atoms with Gasteiger partial charge in [-0.05, 0) is 43.4 Å². The number of carbonyl (C=O) groups excluding carboxylic acids is 4. The maximum Gasteiger partial charge on any atom is 0.410 e. The molecular formula is C31H32N6O5. The lowest BCUT2D eigenvalue weighted by Gasteiger charge is -2.31. The van der Waals surface area contributed by atoms with Crippen molar-refractivity contribution in [3.8, 4) is 0 Å². The summed E-state index contributed by atoms with van der Waals surface area (Å²) in [5, 5.41) is 10.5. The summed E-state index contributed by atoms with van der Waals surface area (Å²) in [7, 11) is 0. The maximum atomic E-state index is 13.4. The molecule has 0 radical (unpaired) electrons. The van der Waals surface area contributed by atoms with Crippen LogP contribution in [0.15, 0.2) is 73.2 Å². The normalized spacial score (nSPS) is 19.1. The zero-order valence-electron chi connectivity index (χ0n) is 23.1. The minimum Gasteiger partial charge on any atom is -0.445 e. The van der Waals surface area contributed by atoms with Gasteiger partial charge in [-0.25, -0.2) is 4.79 Å². The molecule has 2 fully saturated rings. The highest BCUT2D eigenvalue weighted by Gasteiger charge is 2.45. The quantitative estimate of drug-likeness (QED) is 0.415. The number of fused-ring (bicyclic) bond motifs is 1. The van der Waals surface area contributed by atoms with Crippen LogP contribution in [0.25, 0.3) is 0 Å². The highest BCUT2D eigenvalue weighted by molar-refractivity contribution is 6.25. The second kappa shape index (κ2) is 11.5. The van der Waals surface area contributed by atoms with E-state index in [1.807, 2.05) is 41.2 Å². The van der Waals surface area contributed by atoms with Crippen molar-refractivity contribution in [3.05, 3.63) is 95.5 Å². The number of imide groups is 1. The number of hydrogen-bond donors (Lipinski definition) is 2. The molecule has 3 aliphatic heterocycles. The predicted molar refractivity (Wildman–Crippen MR) is 153 cm³/mol. The first-order valence-corrected chi connectivity index (χ1v) is 14.1. The molecule has 3 aliphatic rings. The van der Waals surface area contributed by atoms with Gasteiger partial charge in [0.15, 0.2) is 0 Å². The summed E-state index contributed by atoms with van der Waals surface area (Å²) in [6.07, 6.45) is 5.81. The van der Waals surface area contributed by atoms with Crippen molar-refractivity contribution in [2.75, 3.05) is 18.4 Å². The minimum atomic E-state index is -0.855. The van der Waals surface area contributed by atoms with E-state index >= 15 is 0 Å². The molecule has 0 spiro atoms. The van der Waals surface area contributed by atoms with Crippen LogP contribution < -0.4 is 10.6 Å². The highest BCUT2D eigenvalue weighted by atomic mass is 16.6. The van der Waals surface area contributed by atoms with Crippen LogP contribution in [-0.4, -0.2) is 62.5 Å². The lowest BCUT2D eigenvalue weighted by Crippen LogP contribution is -2.51. The number of rotatable bonds is 7. The zero-order chi connectivity index (χ0) is 29.2. The molecule has 4 heterocycles. The summed E-state index contributed by atoms with van der Waals surface area (Å²) in [4.78, 5) is 54.3. The smallest absolute Gasteiger partial charge is 0.410 e. The highest BCUT2D eigenvalue weighted by Crippen LogP contribution is 2.33. The van der Waals surface area contributed by atoms with E-state index in [1.165, 1.54) is 0 Å². The SMILES string of the molecule is C=C1CCC(N2C(=O)c3cccc(NCc4cnn(C5CCN(C(=O)OCc6ccccc6)CC5)c4)c3C2=O)C(=O)N1. The van der Waals surface area contributed by atoms with Gasteiger partial charge >= 0.3 is 6.09 Å². The number of anilines is 1. The molecule has 0 saturated carbocycles. The lowest BCUT2D eigenvalue weighted by atomic mass is 10.0. The second-order valence-corrected chi connectivity index (χ2v) is 10.8. The Hall–Kier alpha value is -4.93. The monoisotopic (exact) mass is 568 g/mol. The number of nitrogens with zero attached hydrogens (tertiary/aromatic N) is 4. The minimum absolute atomic E-state index is 0.156. The first-order chi connectivity index (χ1) is 20.4. The number of benzene rings is 2. The van der Waals surface area contributed by atoms with E-state index in [1.54, 1.807) is 29.3 Å². The van der Waals surface area contributed by atoms with Crippen LogP contribution in [0.5, 0.6) is 0 Å². The lowest BCUT2D eigenvalue weighted by molar-refractivity contribution is -0.125. The number of likely N-dealkylation sites (tertiary alicyclic amines) is 1. The van der Waals surface area contributed by atoms with Gasteiger partial charge in [-0.3, -0.25) is 24.0 Å². The van der Waals surface area contributed by atoms with Crippen LogP contribution >= 0.6 is 0 Å². The zero-order valence-corrected chi connectivity index (χ0v) is 23.1. The topological polar surface area (TPSA) is 126 Å². The van der Waals surface area contributed by atoms with Crippen molar-refractivity contribution in [3.63, 3.8) is 0 Å².